The number of hydrazone groups is 1. The Morgan fingerprint density at radius 2 is 1.67 bits per heavy atom. The molecule has 1 aromatic rings. The number of hydrogen-bond acceptors (Lipinski definition) is 8. The molecule has 0 atom stereocenters. The molecular weight excluding hydrogens is 282 g/mol. The number of carbonyl (C=O) groups excluding carboxylic acids is 2. The molecule has 0 saturated carbocycles. The van der Waals surface area contributed by atoms with Crippen LogP contribution in [-0.4, -0.2) is 28.4 Å². The van der Waals surface area contributed by atoms with Gasteiger partial charge in [-0.05, 0) is 12.1 Å². The van der Waals surface area contributed by atoms with Crippen LogP contribution in [0.15, 0.2) is 29.4 Å². The van der Waals surface area contributed by atoms with E-state index in [-0.39, 0.29) is 5.69 Å². The van der Waals surface area contributed by atoms with E-state index in [4.69, 9.17) is 9.47 Å². The number of benzene rings is 1. The first-order valence-corrected chi connectivity index (χ1v) is 5.83. The van der Waals surface area contributed by atoms with Gasteiger partial charge >= 0.3 is 11.9 Å². The quantitative estimate of drug-likeness (QED) is 0.505. The topological polar surface area (TPSA) is 120 Å². The molecule has 0 bridgehead atoms. The largest absolute Gasteiger partial charge is 0.418 e. The molecule has 110 valence electrons. The van der Waals surface area contributed by atoms with Crippen LogP contribution in [0, 0.1) is 10.1 Å². The summed E-state index contributed by atoms with van der Waals surface area (Å²) < 4.78 is 9.71. The second-order valence-electron chi connectivity index (χ2n) is 4.56. The van der Waals surface area contributed by atoms with Crippen molar-refractivity contribution < 1.29 is 24.0 Å². The molecule has 0 unspecified atom stereocenters. The lowest BCUT2D eigenvalue weighted by molar-refractivity contribution is -0.384. The maximum Gasteiger partial charge on any atom is 0.369 e. The van der Waals surface area contributed by atoms with Gasteiger partial charge in [-0.3, -0.25) is 15.5 Å². The average molecular weight is 293 g/mol. The molecule has 2 rings (SSSR count). The van der Waals surface area contributed by atoms with Crippen LogP contribution >= 0.6 is 0 Å². The van der Waals surface area contributed by atoms with Crippen molar-refractivity contribution in [3.63, 3.8) is 0 Å². The van der Waals surface area contributed by atoms with E-state index in [1.165, 1.54) is 38.1 Å². The third-order valence-electron chi connectivity index (χ3n) is 2.44. The number of cyclic esters (lactones) is 2. The Kier molecular flexibility index (Phi) is 3.57. The fraction of sp³-hybridized carbons (Fsp3) is 0.250. The summed E-state index contributed by atoms with van der Waals surface area (Å²) in [6.45, 7) is 2.84. The van der Waals surface area contributed by atoms with Crippen molar-refractivity contribution in [1.29, 1.82) is 0 Å². The van der Waals surface area contributed by atoms with E-state index in [0.29, 0.717) is 5.69 Å². The van der Waals surface area contributed by atoms with E-state index < -0.39 is 28.4 Å². The lowest BCUT2D eigenvalue weighted by Gasteiger charge is -2.28. The molecule has 1 aliphatic heterocycles. The van der Waals surface area contributed by atoms with E-state index in [0.717, 1.165) is 0 Å². The summed E-state index contributed by atoms with van der Waals surface area (Å²) in [6, 6.07) is 5.27. The number of nitrogens with zero attached hydrogens (tertiary/aromatic N) is 2. The Balaban J connectivity index is 2.12. The highest BCUT2D eigenvalue weighted by atomic mass is 16.7. The SMILES string of the molecule is CC1(C)OC(=O)C(=NNc2ccc([N+](=O)[O-])cc2)C(=O)O1. The normalized spacial score (nSPS) is 16.8. The highest BCUT2D eigenvalue weighted by Gasteiger charge is 2.40. The van der Waals surface area contributed by atoms with Crippen molar-refractivity contribution in [2.45, 2.75) is 19.6 Å². The summed E-state index contributed by atoms with van der Waals surface area (Å²) >= 11 is 0. The van der Waals surface area contributed by atoms with Gasteiger partial charge in [0, 0.05) is 26.0 Å². The van der Waals surface area contributed by atoms with Gasteiger partial charge in [-0.1, -0.05) is 0 Å². The first-order valence-electron chi connectivity index (χ1n) is 5.83. The zero-order valence-corrected chi connectivity index (χ0v) is 11.2. The Morgan fingerprint density at radius 3 is 2.14 bits per heavy atom. The zero-order chi connectivity index (χ0) is 15.6. The van der Waals surface area contributed by atoms with Crippen LogP contribution in [-0.2, 0) is 19.1 Å². The zero-order valence-electron chi connectivity index (χ0n) is 11.2. The number of nitrogens with one attached hydrogen (secondary N) is 1. The van der Waals surface area contributed by atoms with Crippen LogP contribution in [0.3, 0.4) is 0 Å². The molecular formula is C12H11N3O6. The molecule has 1 aromatic carbocycles. The monoisotopic (exact) mass is 293 g/mol. The summed E-state index contributed by atoms with van der Waals surface area (Å²) in [7, 11) is 0. The number of hydrogen-bond donors (Lipinski definition) is 1. The molecule has 1 aliphatic rings. The number of esters is 2. The van der Waals surface area contributed by atoms with Gasteiger partial charge in [0.25, 0.3) is 17.2 Å². The Labute approximate surface area is 118 Å². The van der Waals surface area contributed by atoms with Crippen molar-refractivity contribution in [3.05, 3.63) is 34.4 Å². The predicted molar refractivity (Wildman–Crippen MR) is 70.4 cm³/mol. The molecule has 0 radical (unpaired) electrons. The molecule has 9 nitrogen and oxygen atoms in total. The molecule has 1 N–H and O–H groups in total. The Bertz CT molecular complexity index is 613. The molecule has 1 heterocycles. The lowest BCUT2D eigenvalue weighted by atomic mass is 10.3. The highest BCUT2D eigenvalue weighted by Crippen LogP contribution is 2.19. The minimum Gasteiger partial charge on any atom is -0.418 e. The van der Waals surface area contributed by atoms with E-state index in [1.54, 1.807) is 0 Å². The molecule has 0 aliphatic carbocycles. The Morgan fingerprint density at radius 1 is 1.14 bits per heavy atom. The van der Waals surface area contributed by atoms with E-state index in [1.807, 2.05) is 0 Å². The van der Waals surface area contributed by atoms with E-state index >= 15 is 0 Å². The molecule has 0 spiro atoms. The number of rotatable bonds is 3. The van der Waals surface area contributed by atoms with Gasteiger partial charge in [0.1, 0.15) is 0 Å². The predicted octanol–water partition coefficient (Wildman–Crippen LogP) is 1.20. The first kappa shape index (κ1) is 14.4. The minimum absolute atomic E-state index is 0.0913. The third-order valence-corrected chi connectivity index (χ3v) is 2.44. The molecule has 9 heteroatoms. The lowest BCUT2D eigenvalue weighted by Crippen LogP contribution is -2.47. The van der Waals surface area contributed by atoms with Crippen molar-refractivity contribution in [1.82, 2.24) is 0 Å². The highest BCUT2D eigenvalue weighted by molar-refractivity contribution is 6.63. The van der Waals surface area contributed by atoms with E-state index in [9.17, 15) is 19.7 Å². The maximum absolute atomic E-state index is 11.6. The number of nitro groups is 1. The fourth-order valence-electron chi connectivity index (χ4n) is 1.52. The maximum atomic E-state index is 11.6. The number of anilines is 1. The van der Waals surface area contributed by atoms with Crippen LogP contribution in [0.5, 0.6) is 0 Å². The van der Waals surface area contributed by atoms with Gasteiger partial charge < -0.3 is 9.47 Å². The van der Waals surface area contributed by atoms with Crippen molar-refractivity contribution in [2.24, 2.45) is 5.10 Å². The van der Waals surface area contributed by atoms with Gasteiger partial charge in [0.15, 0.2) is 0 Å². The Hall–Kier alpha value is -2.97. The van der Waals surface area contributed by atoms with Crippen molar-refractivity contribution >= 4 is 29.0 Å². The van der Waals surface area contributed by atoms with Crippen LogP contribution in [0.25, 0.3) is 0 Å². The van der Waals surface area contributed by atoms with Gasteiger partial charge in [0.05, 0.1) is 10.6 Å². The van der Waals surface area contributed by atoms with Crippen LogP contribution in [0.2, 0.25) is 0 Å². The molecule has 0 aromatic heterocycles. The molecule has 1 fully saturated rings. The summed E-state index contributed by atoms with van der Waals surface area (Å²) in [5, 5.41) is 14.1. The van der Waals surface area contributed by atoms with E-state index in [2.05, 4.69) is 10.5 Å². The van der Waals surface area contributed by atoms with Crippen LogP contribution in [0.1, 0.15) is 13.8 Å². The first-order chi connectivity index (χ1) is 9.78. The molecule has 0 amide bonds. The molecule has 21 heavy (non-hydrogen) atoms. The number of carbonyl (C=O) groups is 2. The molecule has 1 saturated heterocycles. The van der Waals surface area contributed by atoms with Gasteiger partial charge in [-0.2, -0.15) is 5.10 Å². The number of nitro benzene ring substituents is 1. The second kappa shape index (κ2) is 5.19. The number of ether oxygens (including phenoxy) is 2. The standard InChI is InChI=1S/C12H11N3O6/c1-12(2)20-10(16)9(11(17)21-12)14-13-7-3-5-8(6-4-7)15(18)19/h3-6,13H,1-2H3. The third kappa shape index (κ3) is 3.32. The average Bonchev–Trinajstić information content (AvgIpc) is 2.36. The van der Waals surface area contributed by atoms with Crippen LogP contribution in [0.4, 0.5) is 11.4 Å². The van der Waals surface area contributed by atoms with Gasteiger partial charge in [-0.15, -0.1) is 0 Å². The van der Waals surface area contributed by atoms with Crippen molar-refractivity contribution in [3.8, 4) is 0 Å². The van der Waals surface area contributed by atoms with Crippen LogP contribution < -0.4 is 5.43 Å². The van der Waals surface area contributed by atoms with Gasteiger partial charge in [0.2, 0.25) is 0 Å². The minimum atomic E-state index is -1.33. The van der Waals surface area contributed by atoms with Crippen molar-refractivity contribution in [2.75, 3.05) is 5.43 Å². The number of non-ortho nitro benzene ring substituents is 1. The fourth-order valence-corrected chi connectivity index (χ4v) is 1.52. The van der Waals surface area contributed by atoms with Gasteiger partial charge in [-0.25, -0.2) is 9.59 Å². The summed E-state index contributed by atoms with van der Waals surface area (Å²) in [6.07, 6.45) is 0. The summed E-state index contributed by atoms with van der Waals surface area (Å²) in [5.41, 5.74) is 2.17. The second-order valence-corrected chi connectivity index (χ2v) is 4.56. The smallest absolute Gasteiger partial charge is 0.369 e. The summed E-state index contributed by atoms with van der Waals surface area (Å²) in [4.78, 5) is 33.2. The summed E-state index contributed by atoms with van der Waals surface area (Å²) in [5.74, 6) is -3.16.